The Balaban J connectivity index is 1.64. The number of amides is 4. The van der Waals surface area contributed by atoms with Gasteiger partial charge >= 0.3 is 0 Å². The van der Waals surface area contributed by atoms with Crippen molar-refractivity contribution in [2.24, 2.45) is 10.2 Å². The summed E-state index contributed by atoms with van der Waals surface area (Å²) in [6, 6.07) is 13.9. The van der Waals surface area contributed by atoms with E-state index in [1.54, 1.807) is 48.9 Å². The van der Waals surface area contributed by atoms with Gasteiger partial charge in [0.25, 0.3) is 5.91 Å². The molecule has 260 valence electrons. The van der Waals surface area contributed by atoms with Crippen molar-refractivity contribution in [1.29, 1.82) is 0 Å². The number of anilines is 1. The number of terminal acetylenes is 1. The molecule has 2 aromatic carbocycles. The number of nitrogens with one attached hydrogen (secondary N) is 4. The smallest absolute Gasteiger partial charge is 0.251 e. The maximum absolute atomic E-state index is 12.5. The zero-order valence-electron chi connectivity index (χ0n) is 28.1. The van der Waals surface area contributed by atoms with Gasteiger partial charge in [-0.3, -0.25) is 19.2 Å². The topological polar surface area (TPSA) is 165 Å². The number of hydrogen-bond acceptors (Lipinski definition) is 10. The number of azo groups is 1. The van der Waals surface area contributed by atoms with Gasteiger partial charge in [-0.05, 0) is 81.6 Å². The third-order valence-electron chi connectivity index (χ3n) is 6.59. The average molecular weight is 698 g/mol. The average Bonchev–Trinajstić information content (AvgIpc) is 3.04. The van der Waals surface area contributed by atoms with Crippen LogP contribution >= 0.6 is 21.6 Å². The fourth-order valence-electron chi connectivity index (χ4n) is 4.13. The highest BCUT2D eigenvalue weighted by molar-refractivity contribution is 8.76. The molecular formula is C34H47N7O5S2. The Labute approximate surface area is 291 Å². The van der Waals surface area contributed by atoms with Gasteiger partial charge in [-0.25, -0.2) is 0 Å². The molecule has 0 bridgehead atoms. The first-order valence-electron chi connectivity index (χ1n) is 15.7. The molecule has 2 aromatic rings. The third kappa shape index (κ3) is 17.2. The molecule has 0 aliphatic rings. The maximum atomic E-state index is 12.5. The number of unbranched alkanes of at least 4 members (excludes halogenated alkanes) is 1. The van der Waals surface area contributed by atoms with Crippen molar-refractivity contribution in [3.8, 4) is 12.3 Å². The molecule has 1 atom stereocenters. The molecule has 0 heterocycles. The van der Waals surface area contributed by atoms with Gasteiger partial charge in [-0.15, -0.1) is 6.42 Å². The first kappa shape index (κ1) is 40.1. The van der Waals surface area contributed by atoms with E-state index in [4.69, 9.17) is 6.42 Å². The molecule has 2 rings (SSSR count). The van der Waals surface area contributed by atoms with E-state index in [9.17, 15) is 24.3 Å². The Kier molecular flexibility index (Phi) is 18.2. The SMILES string of the molecule is C#CCNC(=O)C(CCCCNC(=O)CC(C)(C)O)NC(=O)CCSSCCNC(=O)c1ccc(/N=N/c2ccc(N(C)C)cc2)cc1. The van der Waals surface area contributed by atoms with Gasteiger partial charge in [0.1, 0.15) is 6.04 Å². The molecule has 48 heavy (non-hydrogen) atoms. The van der Waals surface area contributed by atoms with Crippen molar-refractivity contribution < 1.29 is 24.3 Å². The second-order valence-electron chi connectivity index (χ2n) is 11.7. The van der Waals surface area contributed by atoms with Gasteiger partial charge in [0.15, 0.2) is 0 Å². The quantitative estimate of drug-likeness (QED) is 0.0556. The number of benzene rings is 2. The summed E-state index contributed by atoms with van der Waals surface area (Å²) in [7, 11) is 7.00. The summed E-state index contributed by atoms with van der Waals surface area (Å²) in [5, 5.41) is 29.2. The van der Waals surface area contributed by atoms with Crippen LogP contribution in [0.2, 0.25) is 0 Å². The van der Waals surface area contributed by atoms with Gasteiger partial charge in [0, 0.05) is 56.4 Å². The largest absolute Gasteiger partial charge is 0.390 e. The summed E-state index contributed by atoms with van der Waals surface area (Å²) < 4.78 is 0. The van der Waals surface area contributed by atoms with E-state index in [2.05, 4.69) is 37.4 Å². The Morgan fingerprint density at radius 3 is 2.10 bits per heavy atom. The maximum Gasteiger partial charge on any atom is 0.251 e. The summed E-state index contributed by atoms with van der Waals surface area (Å²) in [5.41, 5.74) is 1.90. The first-order chi connectivity index (χ1) is 22.9. The molecule has 0 aliphatic heterocycles. The molecule has 12 nitrogen and oxygen atoms in total. The molecule has 0 fully saturated rings. The molecule has 0 saturated carbocycles. The van der Waals surface area contributed by atoms with Crippen molar-refractivity contribution in [2.45, 2.75) is 57.6 Å². The van der Waals surface area contributed by atoms with Crippen molar-refractivity contribution in [1.82, 2.24) is 21.3 Å². The molecule has 0 radical (unpaired) electrons. The van der Waals surface area contributed by atoms with E-state index in [0.717, 1.165) is 11.4 Å². The summed E-state index contributed by atoms with van der Waals surface area (Å²) >= 11 is 0. The molecule has 14 heteroatoms. The molecule has 0 aliphatic carbocycles. The number of aliphatic hydroxyl groups is 1. The van der Waals surface area contributed by atoms with Crippen molar-refractivity contribution in [3.05, 3.63) is 54.1 Å². The van der Waals surface area contributed by atoms with Crippen LogP contribution in [0.15, 0.2) is 58.8 Å². The van der Waals surface area contributed by atoms with Crippen LogP contribution in [-0.4, -0.2) is 85.6 Å². The van der Waals surface area contributed by atoms with Crippen molar-refractivity contribution in [3.63, 3.8) is 0 Å². The predicted molar refractivity (Wildman–Crippen MR) is 195 cm³/mol. The number of carbonyl (C=O) groups is 4. The minimum atomic E-state index is -1.08. The Morgan fingerprint density at radius 2 is 1.50 bits per heavy atom. The fourth-order valence-corrected chi connectivity index (χ4v) is 6.02. The van der Waals surface area contributed by atoms with Crippen LogP contribution in [-0.2, 0) is 14.4 Å². The van der Waals surface area contributed by atoms with Crippen LogP contribution in [0.4, 0.5) is 17.1 Å². The van der Waals surface area contributed by atoms with Gasteiger partial charge in [-0.2, -0.15) is 10.2 Å². The Bertz CT molecular complexity index is 1390. The minimum absolute atomic E-state index is 0.00291. The van der Waals surface area contributed by atoms with Crippen molar-refractivity contribution >= 4 is 62.3 Å². The lowest BCUT2D eigenvalue weighted by Crippen LogP contribution is -2.47. The summed E-state index contributed by atoms with van der Waals surface area (Å²) in [6.45, 7) is 4.06. The van der Waals surface area contributed by atoms with Crippen LogP contribution in [0.1, 0.15) is 56.3 Å². The standard InChI is InChI=1S/C34H47N7O5S2/c1-6-19-36-33(45)29(9-7-8-20-35-31(43)24-34(2,3)46)38-30(42)18-22-47-48-23-21-37-32(44)25-10-12-26(13-11-25)39-40-27-14-16-28(17-15-27)41(4)5/h1,10-17,29,46H,7-9,18-24H2,2-5H3,(H,35,43)(H,36,45)(H,37,44)(H,38,42)/b40-39+. The van der Waals surface area contributed by atoms with Crippen LogP contribution in [0.3, 0.4) is 0 Å². The molecule has 0 saturated heterocycles. The van der Waals surface area contributed by atoms with E-state index in [1.807, 2.05) is 43.3 Å². The fraction of sp³-hybridized carbons (Fsp3) is 0.471. The molecule has 0 aromatic heterocycles. The minimum Gasteiger partial charge on any atom is -0.390 e. The van der Waals surface area contributed by atoms with Gasteiger partial charge in [-0.1, -0.05) is 27.5 Å². The molecule has 4 amide bonds. The highest BCUT2D eigenvalue weighted by Gasteiger charge is 2.20. The van der Waals surface area contributed by atoms with Gasteiger partial charge in [0.05, 0.1) is 29.9 Å². The van der Waals surface area contributed by atoms with E-state index < -0.39 is 11.6 Å². The zero-order chi connectivity index (χ0) is 35.4. The lowest BCUT2D eigenvalue weighted by atomic mass is 10.1. The third-order valence-corrected chi connectivity index (χ3v) is 9.00. The van der Waals surface area contributed by atoms with Crippen LogP contribution < -0.4 is 26.2 Å². The van der Waals surface area contributed by atoms with Crippen LogP contribution in [0, 0.1) is 12.3 Å². The summed E-state index contributed by atoms with van der Waals surface area (Å²) in [6.07, 6.45) is 7.07. The van der Waals surface area contributed by atoms with Gasteiger partial charge < -0.3 is 31.3 Å². The lowest BCUT2D eigenvalue weighted by Gasteiger charge is -2.18. The summed E-state index contributed by atoms with van der Waals surface area (Å²) in [5.74, 6) is 2.51. The molecular weight excluding hydrogens is 651 g/mol. The number of rotatable bonds is 21. The summed E-state index contributed by atoms with van der Waals surface area (Å²) in [4.78, 5) is 51.4. The number of nitrogens with zero attached hydrogens (tertiary/aromatic N) is 3. The van der Waals surface area contributed by atoms with E-state index in [0.29, 0.717) is 55.1 Å². The molecule has 5 N–H and O–H groups in total. The van der Waals surface area contributed by atoms with Crippen LogP contribution in [0.5, 0.6) is 0 Å². The van der Waals surface area contributed by atoms with Crippen molar-refractivity contribution in [2.75, 3.05) is 50.1 Å². The van der Waals surface area contributed by atoms with E-state index in [-0.39, 0.29) is 43.0 Å². The van der Waals surface area contributed by atoms with Crippen LogP contribution in [0.25, 0.3) is 0 Å². The molecule has 1 unspecified atom stereocenters. The second kappa shape index (κ2) is 21.7. The number of carbonyl (C=O) groups excluding carboxylic acids is 4. The van der Waals surface area contributed by atoms with E-state index >= 15 is 0 Å². The highest BCUT2D eigenvalue weighted by atomic mass is 33.1. The Morgan fingerprint density at radius 1 is 0.875 bits per heavy atom. The van der Waals surface area contributed by atoms with E-state index in [1.165, 1.54) is 10.8 Å². The highest BCUT2D eigenvalue weighted by Crippen LogP contribution is 2.23. The first-order valence-corrected chi connectivity index (χ1v) is 18.2. The Hall–Kier alpha value is -4.06. The normalized spacial score (nSPS) is 11.8. The monoisotopic (exact) mass is 697 g/mol. The molecule has 0 spiro atoms. The predicted octanol–water partition coefficient (Wildman–Crippen LogP) is 4.35. The lowest BCUT2D eigenvalue weighted by molar-refractivity contribution is -0.128. The second-order valence-corrected chi connectivity index (χ2v) is 14.4. The number of hydrogen-bond donors (Lipinski definition) is 5. The van der Waals surface area contributed by atoms with Gasteiger partial charge in [0.2, 0.25) is 17.7 Å². The zero-order valence-corrected chi connectivity index (χ0v) is 29.7.